The van der Waals surface area contributed by atoms with E-state index in [4.69, 9.17) is 0 Å². The Labute approximate surface area is 83.5 Å². The van der Waals surface area contributed by atoms with Crippen LogP contribution < -0.4 is 0 Å². The Morgan fingerprint density at radius 3 is 2.79 bits per heavy atom. The lowest BCUT2D eigenvalue weighted by atomic mass is 10.2. The van der Waals surface area contributed by atoms with E-state index >= 15 is 0 Å². The zero-order valence-corrected chi connectivity index (χ0v) is 8.82. The molecule has 0 spiro atoms. The molecule has 0 N–H and O–H groups in total. The number of nitrogens with zero attached hydrogens (tertiary/aromatic N) is 3. The standard InChI is InChI=1S/C10H15N3O/c1-7(2)12-4-5-13-8(3)11-6-9(13)10(12)14/h6-7H,4-5H2,1-3H3. The Balaban J connectivity index is 2.37. The number of fused-ring (bicyclic) bond motifs is 1. The molecule has 76 valence electrons. The van der Waals surface area contributed by atoms with E-state index in [0.29, 0.717) is 0 Å². The highest BCUT2D eigenvalue weighted by atomic mass is 16.2. The number of amides is 1. The Morgan fingerprint density at radius 1 is 1.43 bits per heavy atom. The molecular formula is C10H15N3O. The maximum absolute atomic E-state index is 11.9. The van der Waals surface area contributed by atoms with Crippen LogP contribution >= 0.6 is 0 Å². The van der Waals surface area contributed by atoms with Crippen LogP contribution in [0.5, 0.6) is 0 Å². The number of hydrogen-bond acceptors (Lipinski definition) is 2. The summed E-state index contributed by atoms with van der Waals surface area (Å²) in [5.41, 5.74) is 0.724. The van der Waals surface area contributed by atoms with Gasteiger partial charge in [-0.15, -0.1) is 0 Å². The molecule has 0 radical (unpaired) electrons. The van der Waals surface area contributed by atoms with Crippen molar-refractivity contribution in [3.63, 3.8) is 0 Å². The highest BCUT2D eigenvalue weighted by molar-refractivity contribution is 5.93. The molecule has 4 nitrogen and oxygen atoms in total. The highest BCUT2D eigenvalue weighted by Crippen LogP contribution is 2.16. The van der Waals surface area contributed by atoms with Gasteiger partial charge in [-0.05, 0) is 20.8 Å². The zero-order valence-electron chi connectivity index (χ0n) is 8.82. The van der Waals surface area contributed by atoms with Gasteiger partial charge in [0.25, 0.3) is 5.91 Å². The molecule has 1 amide bonds. The molecule has 0 saturated heterocycles. The minimum Gasteiger partial charge on any atom is -0.333 e. The third-order valence-electron chi connectivity index (χ3n) is 2.72. The molecule has 1 aromatic rings. The summed E-state index contributed by atoms with van der Waals surface area (Å²) in [5, 5.41) is 0. The number of imidazole rings is 1. The smallest absolute Gasteiger partial charge is 0.272 e. The Kier molecular flexibility index (Phi) is 2.06. The summed E-state index contributed by atoms with van der Waals surface area (Å²) < 4.78 is 1.99. The van der Waals surface area contributed by atoms with E-state index in [2.05, 4.69) is 4.98 Å². The van der Waals surface area contributed by atoms with Crippen molar-refractivity contribution in [2.45, 2.75) is 33.4 Å². The van der Waals surface area contributed by atoms with Crippen LogP contribution in [0.1, 0.15) is 30.2 Å². The van der Waals surface area contributed by atoms with E-state index in [1.807, 2.05) is 30.2 Å². The largest absolute Gasteiger partial charge is 0.333 e. The molecular weight excluding hydrogens is 178 g/mol. The van der Waals surface area contributed by atoms with Crippen LogP contribution in [0.15, 0.2) is 6.20 Å². The van der Waals surface area contributed by atoms with E-state index in [1.165, 1.54) is 0 Å². The molecule has 1 aromatic heterocycles. The maximum Gasteiger partial charge on any atom is 0.272 e. The van der Waals surface area contributed by atoms with Gasteiger partial charge in [-0.3, -0.25) is 4.79 Å². The molecule has 1 aliphatic heterocycles. The van der Waals surface area contributed by atoms with Gasteiger partial charge in [0.1, 0.15) is 11.5 Å². The maximum atomic E-state index is 11.9. The van der Waals surface area contributed by atoms with Crippen molar-refractivity contribution >= 4 is 5.91 Å². The summed E-state index contributed by atoms with van der Waals surface area (Å²) >= 11 is 0. The lowest BCUT2D eigenvalue weighted by Gasteiger charge is -2.31. The van der Waals surface area contributed by atoms with Crippen LogP contribution in [-0.2, 0) is 6.54 Å². The fourth-order valence-corrected chi connectivity index (χ4v) is 1.87. The van der Waals surface area contributed by atoms with Gasteiger partial charge in [0.05, 0.1) is 6.20 Å². The lowest BCUT2D eigenvalue weighted by Crippen LogP contribution is -2.44. The van der Waals surface area contributed by atoms with Gasteiger partial charge >= 0.3 is 0 Å². The third-order valence-corrected chi connectivity index (χ3v) is 2.72. The summed E-state index contributed by atoms with van der Waals surface area (Å²) in [6.07, 6.45) is 1.67. The van der Waals surface area contributed by atoms with Crippen LogP contribution in [0.25, 0.3) is 0 Å². The summed E-state index contributed by atoms with van der Waals surface area (Å²) in [7, 11) is 0. The third kappa shape index (κ3) is 1.22. The number of carbonyl (C=O) groups excluding carboxylic acids is 1. The van der Waals surface area contributed by atoms with Gasteiger partial charge in [0.15, 0.2) is 0 Å². The summed E-state index contributed by atoms with van der Waals surface area (Å²) in [6, 6.07) is 0.270. The first kappa shape index (κ1) is 9.24. The number of aromatic nitrogens is 2. The SMILES string of the molecule is Cc1ncc2n1CCN(C(C)C)C2=O. The van der Waals surface area contributed by atoms with E-state index < -0.39 is 0 Å². The lowest BCUT2D eigenvalue weighted by molar-refractivity contribution is 0.0648. The molecule has 0 unspecified atom stereocenters. The number of rotatable bonds is 1. The molecule has 0 atom stereocenters. The van der Waals surface area contributed by atoms with Gasteiger partial charge in [-0.1, -0.05) is 0 Å². The summed E-state index contributed by atoms with van der Waals surface area (Å²) in [4.78, 5) is 18.0. The van der Waals surface area contributed by atoms with Crippen molar-refractivity contribution in [3.8, 4) is 0 Å². The first-order valence-electron chi connectivity index (χ1n) is 4.94. The van der Waals surface area contributed by atoms with E-state index in [-0.39, 0.29) is 11.9 Å². The van der Waals surface area contributed by atoms with E-state index in [1.54, 1.807) is 6.20 Å². The topological polar surface area (TPSA) is 38.1 Å². The number of aryl methyl sites for hydroxylation is 1. The Hall–Kier alpha value is -1.32. The van der Waals surface area contributed by atoms with Gasteiger partial charge < -0.3 is 9.47 Å². The van der Waals surface area contributed by atoms with Gasteiger partial charge in [0.2, 0.25) is 0 Å². The fraction of sp³-hybridized carbons (Fsp3) is 0.600. The Bertz CT molecular complexity index is 367. The van der Waals surface area contributed by atoms with Crippen molar-refractivity contribution in [3.05, 3.63) is 17.7 Å². The van der Waals surface area contributed by atoms with Gasteiger partial charge in [0, 0.05) is 19.1 Å². The van der Waals surface area contributed by atoms with Crippen molar-refractivity contribution in [1.29, 1.82) is 0 Å². The second-order valence-electron chi connectivity index (χ2n) is 3.93. The van der Waals surface area contributed by atoms with Crippen molar-refractivity contribution < 1.29 is 4.79 Å². The average molecular weight is 193 g/mol. The molecule has 0 bridgehead atoms. The average Bonchev–Trinajstić information content (AvgIpc) is 2.49. The zero-order chi connectivity index (χ0) is 10.3. The first-order chi connectivity index (χ1) is 6.61. The predicted octanol–water partition coefficient (Wildman–Crippen LogP) is 1.06. The predicted molar refractivity (Wildman–Crippen MR) is 53.1 cm³/mol. The van der Waals surface area contributed by atoms with Gasteiger partial charge in [-0.25, -0.2) is 4.98 Å². The van der Waals surface area contributed by atoms with Crippen molar-refractivity contribution in [2.24, 2.45) is 0 Å². The molecule has 1 aliphatic rings. The van der Waals surface area contributed by atoms with E-state index in [9.17, 15) is 4.79 Å². The molecule has 2 heterocycles. The minimum absolute atomic E-state index is 0.104. The second kappa shape index (κ2) is 3.12. The summed E-state index contributed by atoms with van der Waals surface area (Å²) in [6.45, 7) is 7.67. The minimum atomic E-state index is 0.104. The molecule has 4 heteroatoms. The first-order valence-corrected chi connectivity index (χ1v) is 4.94. The molecule has 0 saturated carbocycles. The molecule has 0 fully saturated rings. The molecule has 14 heavy (non-hydrogen) atoms. The number of carbonyl (C=O) groups is 1. The van der Waals surface area contributed by atoms with Gasteiger partial charge in [-0.2, -0.15) is 0 Å². The van der Waals surface area contributed by atoms with Crippen LogP contribution in [-0.4, -0.2) is 32.9 Å². The van der Waals surface area contributed by atoms with Crippen LogP contribution in [0.3, 0.4) is 0 Å². The molecule has 0 aromatic carbocycles. The van der Waals surface area contributed by atoms with Crippen LogP contribution in [0.2, 0.25) is 0 Å². The monoisotopic (exact) mass is 193 g/mol. The number of hydrogen-bond donors (Lipinski definition) is 0. The van der Waals surface area contributed by atoms with Crippen molar-refractivity contribution in [1.82, 2.24) is 14.5 Å². The molecule has 0 aliphatic carbocycles. The van der Waals surface area contributed by atoms with Crippen LogP contribution in [0, 0.1) is 6.92 Å². The fourth-order valence-electron chi connectivity index (χ4n) is 1.87. The molecule has 2 rings (SSSR count). The Morgan fingerprint density at radius 2 is 2.14 bits per heavy atom. The van der Waals surface area contributed by atoms with Crippen molar-refractivity contribution in [2.75, 3.05) is 6.54 Å². The van der Waals surface area contributed by atoms with E-state index in [0.717, 1.165) is 24.6 Å². The normalized spacial score (nSPS) is 16.3. The second-order valence-corrected chi connectivity index (χ2v) is 3.93. The summed E-state index contributed by atoms with van der Waals surface area (Å²) in [5.74, 6) is 1.03. The quantitative estimate of drug-likeness (QED) is 0.668. The highest BCUT2D eigenvalue weighted by Gasteiger charge is 2.27. The van der Waals surface area contributed by atoms with Crippen LogP contribution in [0.4, 0.5) is 0 Å².